The molecule has 0 saturated heterocycles. The lowest BCUT2D eigenvalue weighted by atomic mass is 9.92. The second-order valence-corrected chi connectivity index (χ2v) is 5.92. The minimum atomic E-state index is -0.907. The summed E-state index contributed by atoms with van der Waals surface area (Å²) < 4.78 is 5.99. The predicted octanol–water partition coefficient (Wildman–Crippen LogP) is 2.46. The maximum absolute atomic E-state index is 12.9. The van der Waals surface area contributed by atoms with E-state index in [0.717, 1.165) is 0 Å². The Hall–Kier alpha value is -1.95. The van der Waals surface area contributed by atoms with E-state index in [1.165, 1.54) is 11.8 Å². The van der Waals surface area contributed by atoms with E-state index in [1.54, 1.807) is 18.2 Å². The molecule has 1 aliphatic heterocycles. The molecule has 6 heteroatoms. The standard InChI is InChI=1S/C16H20N2O3S/c1-4-16(5-2)15(20)18(9-14(17)22)12-8-11(10(3)19)6-7-13(12)21-16/h6-8H,4-5,9H2,1-3H3,(H2,17,22). The largest absolute Gasteiger partial charge is 0.475 e. The summed E-state index contributed by atoms with van der Waals surface area (Å²) in [6.45, 7) is 5.44. The molecule has 1 heterocycles. The van der Waals surface area contributed by atoms with Gasteiger partial charge in [0.15, 0.2) is 11.4 Å². The van der Waals surface area contributed by atoms with Gasteiger partial charge in [0, 0.05) is 5.56 Å². The first kappa shape index (κ1) is 16.4. The van der Waals surface area contributed by atoms with E-state index >= 15 is 0 Å². The van der Waals surface area contributed by atoms with Gasteiger partial charge in [0.2, 0.25) is 0 Å². The van der Waals surface area contributed by atoms with Crippen LogP contribution in [0.2, 0.25) is 0 Å². The van der Waals surface area contributed by atoms with Crippen molar-refractivity contribution < 1.29 is 14.3 Å². The average molecular weight is 320 g/mol. The summed E-state index contributed by atoms with van der Waals surface area (Å²) >= 11 is 4.97. The zero-order valence-corrected chi connectivity index (χ0v) is 13.8. The van der Waals surface area contributed by atoms with E-state index in [9.17, 15) is 9.59 Å². The number of hydrogen-bond acceptors (Lipinski definition) is 4. The highest BCUT2D eigenvalue weighted by molar-refractivity contribution is 7.80. The number of amides is 1. The summed E-state index contributed by atoms with van der Waals surface area (Å²) in [7, 11) is 0. The van der Waals surface area contributed by atoms with Gasteiger partial charge in [0.05, 0.1) is 17.2 Å². The van der Waals surface area contributed by atoms with Crippen LogP contribution in [-0.2, 0) is 4.79 Å². The first-order chi connectivity index (χ1) is 10.3. The number of rotatable bonds is 5. The minimum absolute atomic E-state index is 0.0756. The lowest BCUT2D eigenvalue weighted by molar-refractivity contribution is -0.136. The van der Waals surface area contributed by atoms with Crippen molar-refractivity contribution in [2.24, 2.45) is 5.73 Å². The molecule has 1 aliphatic rings. The Morgan fingerprint density at radius 1 is 1.36 bits per heavy atom. The molecule has 0 atom stereocenters. The summed E-state index contributed by atoms with van der Waals surface area (Å²) in [6.07, 6.45) is 1.09. The number of hydrogen-bond donors (Lipinski definition) is 1. The van der Waals surface area contributed by atoms with Crippen LogP contribution < -0.4 is 15.4 Å². The van der Waals surface area contributed by atoms with Crippen LogP contribution in [0.1, 0.15) is 44.0 Å². The van der Waals surface area contributed by atoms with Crippen molar-refractivity contribution in [3.8, 4) is 5.75 Å². The summed E-state index contributed by atoms with van der Waals surface area (Å²) in [5.74, 6) is 0.330. The highest BCUT2D eigenvalue weighted by Gasteiger charge is 2.46. The smallest absolute Gasteiger partial charge is 0.271 e. The molecule has 0 spiro atoms. The van der Waals surface area contributed by atoms with Gasteiger partial charge in [-0.1, -0.05) is 26.1 Å². The average Bonchev–Trinajstić information content (AvgIpc) is 2.49. The van der Waals surface area contributed by atoms with Gasteiger partial charge in [0.25, 0.3) is 5.91 Å². The highest BCUT2D eigenvalue weighted by Crippen LogP contribution is 2.41. The van der Waals surface area contributed by atoms with Crippen molar-refractivity contribution in [3.05, 3.63) is 23.8 Å². The van der Waals surface area contributed by atoms with Gasteiger partial charge in [0.1, 0.15) is 5.75 Å². The molecule has 2 rings (SSSR count). The van der Waals surface area contributed by atoms with Crippen molar-refractivity contribution in [1.29, 1.82) is 0 Å². The number of Topliss-reactive ketones (excluding diaryl/α,β-unsaturated/α-hetero) is 1. The van der Waals surface area contributed by atoms with Crippen molar-refractivity contribution in [1.82, 2.24) is 0 Å². The number of ketones is 1. The fourth-order valence-electron chi connectivity index (χ4n) is 2.65. The van der Waals surface area contributed by atoms with Crippen molar-refractivity contribution in [2.75, 3.05) is 11.4 Å². The number of nitrogens with two attached hydrogens (primary N) is 1. The fourth-order valence-corrected chi connectivity index (χ4v) is 2.78. The van der Waals surface area contributed by atoms with E-state index in [4.69, 9.17) is 22.7 Å². The van der Waals surface area contributed by atoms with Gasteiger partial charge in [-0.25, -0.2) is 0 Å². The Balaban J connectivity index is 2.59. The molecular formula is C16H20N2O3S. The quantitative estimate of drug-likeness (QED) is 0.666. The molecule has 1 amide bonds. The third-order valence-corrected chi connectivity index (χ3v) is 4.18. The van der Waals surface area contributed by atoms with Crippen molar-refractivity contribution in [2.45, 2.75) is 39.2 Å². The van der Waals surface area contributed by atoms with Crippen LogP contribution in [0.4, 0.5) is 5.69 Å². The van der Waals surface area contributed by atoms with E-state index in [-0.39, 0.29) is 23.2 Å². The minimum Gasteiger partial charge on any atom is -0.475 e. The van der Waals surface area contributed by atoms with Crippen LogP contribution in [0.25, 0.3) is 0 Å². The lowest BCUT2D eigenvalue weighted by Gasteiger charge is -2.42. The molecule has 0 fully saturated rings. The van der Waals surface area contributed by atoms with E-state index in [2.05, 4.69) is 0 Å². The normalized spacial score (nSPS) is 16.0. The zero-order chi connectivity index (χ0) is 16.5. The predicted molar refractivity (Wildman–Crippen MR) is 89.5 cm³/mol. The molecule has 118 valence electrons. The molecule has 2 N–H and O–H groups in total. The van der Waals surface area contributed by atoms with Gasteiger partial charge in [-0.05, 0) is 38.0 Å². The Morgan fingerprint density at radius 3 is 2.50 bits per heavy atom. The molecule has 0 radical (unpaired) electrons. The number of benzene rings is 1. The summed E-state index contributed by atoms with van der Waals surface area (Å²) in [5.41, 5.74) is 5.80. The Labute approximate surface area is 135 Å². The molecule has 5 nitrogen and oxygen atoms in total. The molecule has 0 unspecified atom stereocenters. The Bertz CT molecular complexity index is 638. The SMILES string of the molecule is CCC1(CC)Oc2ccc(C(C)=O)cc2N(CC(N)=S)C1=O. The van der Waals surface area contributed by atoms with E-state index in [1.807, 2.05) is 13.8 Å². The van der Waals surface area contributed by atoms with Crippen LogP contribution in [0, 0.1) is 0 Å². The number of nitrogens with zero attached hydrogens (tertiary/aromatic N) is 1. The first-order valence-corrected chi connectivity index (χ1v) is 7.69. The highest BCUT2D eigenvalue weighted by atomic mass is 32.1. The molecule has 0 aliphatic carbocycles. The van der Waals surface area contributed by atoms with Crippen LogP contribution in [0.3, 0.4) is 0 Å². The number of carbonyl (C=O) groups is 2. The van der Waals surface area contributed by atoms with Crippen molar-refractivity contribution in [3.63, 3.8) is 0 Å². The van der Waals surface area contributed by atoms with Gasteiger partial charge >= 0.3 is 0 Å². The van der Waals surface area contributed by atoms with Crippen LogP contribution in [-0.4, -0.2) is 28.8 Å². The van der Waals surface area contributed by atoms with E-state index < -0.39 is 5.60 Å². The molecule has 0 bridgehead atoms. The number of thiocarbonyl (C=S) groups is 1. The number of ether oxygens (including phenoxy) is 1. The summed E-state index contributed by atoms with van der Waals surface area (Å²) in [4.78, 5) is 26.2. The molecule has 0 saturated carbocycles. The topological polar surface area (TPSA) is 72.6 Å². The molecule has 1 aromatic rings. The van der Waals surface area contributed by atoms with Gasteiger partial charge in [-0.2, -0.15) is 0 Å². The Morgan fingerprint density at radius 2 is 2.00 bits per heavy atom. The van der Waals surface area contributed by atoms with E-state index in [0.29, 0.717) is 29.8 Å². The van der Waals surface area contributed by atoms with Crippen molar-refractivity contribution >= 4 is 34.6 Å². The maximum atomic E-state index is 12.9. The second kappa shape index (κ2) is 6.04. The molecule has 0 aromatic heterocycles. The number of carbonyl (C=O) groups excluding carboxylic acids is 2. The van der Waals surface area contributed by atoms with Gasteiger partial charge < -0.3 is 10.5 Å². The molecule has 1 aromatic carbocycles. The van der Waals surface area contributed by atoms with Crippen LogP contribution in [0.5, 0.6) is 5.75 Å². The van der Waals surface area contributed by atoms with Gasteiger partial charge in [-0.3, -0.25) is 14.5 Å². The molecular weight excluding hydrogens is 300 g/mol. The lowest BCUT2D eigenvalue weighted by Crippen LogP contribution is -2.57. The maximum Gasteiger partial charge on any atom is 0.271 e. The zero-order valence-electron chi connectivity index (χ0n) is 13.0. The van der Waals surface area contributed by atoms with Crippen LogP contribution >= 0.6 is 12.2 Å². The number of fused-ring (bicyclic) bond motifs is 1. The first-order valence-electron chi connectivity index (χ1n) is 7.29. The third-order valence-electron chi connectivity index (χ3n) is 4.05. The number of anilines is 1. The second-order valence-electron chi connectivity index (χ2n) is 5.40. The monoisotopic (exact) mass is 320 g/mol. The molecule has 22 heavy (non-hydrogen) atoms. The van der Waals surface area contributed by atoms with Crippen LogP contribution in [0.15, 0.2) is 18.2 Å². The third kappa shape index (κ3) is 2.70. The summed E-state index contributed by atoms with van der Waals surface area (Å²) in [6, 6.07) is 5.08. The van der Waals surface area contributed by atoms with Gasteiger partial charge in [-0.15, -0.1) is 0 Å². The summed E-state index contributed by atoms with van der Waals surface area (Å²) in [5, 5.41) is 0. The fraction of sp³-hybridized carbons (Fsp3) is 0.438. The Kier molecular flexibility index (Phi) is 4.51.